The number of carboxylic acid groups (broad SMARTS) is 1. The van der Waals surface area contributed by atoms with Gasteiger partial charge in [-0.25, -0.2) is 0 Å². The van der Waals surface area contributed by atoms with Crippen molar-refractivity contribution in [2.45, 2.75) is 19.1 Å². The second kappa shape index (κ2) is 10.8. The molecule has 0 aliphatic carbocycles. The Bertz CT molecular complexity index is 940. The van der Waals surface area contributed by atoms with Crippen LogP contribution in [0.4, 0.5) is 0 Å². The Morgan fingerprint density at radius 3 is 2.69 bits per heavy atom. The first-order valence-corrected chi connectivity index (χ1v) is 10.8. The van der Waals surface area contributed by atoms with E-state index in [9.17, 15) is 4.79 Å². The number of carboxylic acids is 1. The SMILES string of the molecule is O=C(O)CN1CCN(CC2CC(c3ccc(C=NNCc4cccnc4)cc3)=NO2)CC1. The topological polar surface area (TPSA) is 103 Å². The third-order valence-electron chi connectivity index (χ3n) is 5.57. The molecular weight excluding hydrogens is 408 g/mol. The van der Waals surface area contributed by atoms with Crippen molar-refractivity contribution in [3.05, 3.63) is 65.5 Å². The molecule has 168 valence electrons. The normalized spacial score (nSPS) is 19.6. The lowest BCUT2D eigenvalue weighted by Crippen LogP contribution is -2.49. The standard InChI is InChI=1S/C23H28N6O3/c30-23(31)17-29-10-8-28(9-11-29)16-21-12-22(27-32-21)20-5-3-18(4-6-20)14-25-26-15-19-2-1-7-24-13-19/h1-7,13-14,21,26H,8-12,15-17H2,(H,30,31). The van der Waals surface area contributed by atoms with Crippen LogP contribution in [0.2, 0.25) is 0 Å². The molecule has 1 saturated heterocycles. The van der Waals surface area contributed by atoms with Gasteiger partial charge in [-0.3, -0.25) is 19.6 Å². The minimum Gasteiger partial charge on any atom is -0.480 e. The number of carbonyl (C=O) groups is 1. The molecule has 9 heteroatoms. The molecule has 0 bridgehead atoms. The Labute approximate surface area is 187 Å². The van der Waals surface area contributed by atoms with Crippen molar-refractivity contribution in [2.24, 2.45) is 10.3 Å². The zero-order chi connectivity index (χ0) is 22.2. The maximum atomic E-state index is 10.8. The minimum atomic E-state index is -0.770. The van der Waals surface area contributed by atoms with Gasteiger partial charge in [-0.2, -0.15) is 5.10 Å². The summed E-state index contributed by atoms with van der Waals surface area (Å²) in [6, 6.07) is 12.0. The average molecular weight is 437 g/mol. The molecule has 2 N–H and O–H groups in total. The highest BCUT2D eigenvalue weighted by Gasteiger charge is 2.26. The summed E-state index contributed by atoms with van der Waals surface area (Å²) in [6.45, 7) is 4.80. The highest BCUT2D eigenvalue weighted by atomic mass is 16.6. The molecule has 0 radical (unpaired) electrons. The molecule has 1 fully saturated rings. The van der Waals surface area contributed by atoms with E-state index in [1.54, 1.807) is 12.4 Å². The number of hydrogen-bond acceptors (Lipinski definition) is 8. The summed E-state index contributed by atoms with van der Waals surface area (Å²) in [5.41, 5.74) is 7.12. The first-order valence-electron chi connectivity index (χ1n) is 10.8. The molecule has 1 unspecified atom stereocenters. The minimum absolute atomic E-state index is 0.0361. The number of benzene rings is 1. The lowest BCUT2D eigenvalue weighted by atomic mass is 10.0. The number of pyridine rings is 1. The lowest BCUT2D eigenvalue weighted by Gasteiger charge is -2.34. The van der Waals surface area contributed by atoms with Gasteiger partial charge in [0, 0.05) is 51.5 Å². The Morgan fingerprint density at radius 1 is 1.19 bits per heavy atom. The first kappa shape index (κ1) is 21.9. The van der Waals surface area contributed by atoms with E-state index in [0.29, 0.717) is 6.54 Å². The number of rotatable bonds is 9. The molecule has 2 aliphatic rings. The molecular formula is C23H28N6O3. The van der Waals surface area contributed by atoms with Crippen molar-refractivity contribution in [3.8, 4) is 0 Å². The molecule has 3 heterocycles. The molecule has 32 heavy (non-hydrogen) atoms. The van der Waals surface area contributed by atoms with Crippen LogP contribution in [0.1, 0.15) is 23.1 Å². The zero-order valence-corrected chi connectivity index (χ0v) is 17.9. The summed E-state index contributed by atoms with van der Waals surface area (Å²) in [7, 11) is 0. The number of oxime groups is 1. The van der Waals surface area contributed by atoms with Gasteiger partial charge < -0.3 is 15.4 Å². The summed E-state index contributed by atoms with van der Waals surface area (Å²) in [5, 5.41) is 17.5. The summed E-state index contributed by atoms with van der Waals surface area (Å²) in [5.74, 6) is -0.770. The van der Waals surface area contributed by atoms with Crippen molar-refractivity contribution < 1.29 is 14.7 Å². The molecule has 1 aromatic heterocycles. The van der Waals surface area contributed by atoms with Crippen molar-refractivity contribution in [3.63, 3.8) is 0 Å². The Balaban J connectivity index is 1.20. The fraction of sp³-hybridized carbons (Fsp3) is 0.391. The highest BCUT2D eigenvalue weighted by Crippen LogP contribution is 2.18. The lowest BCUT2D eigenvalue weighted by molar-refractivity contribution is -0.138. The van der Waals surface area contributed by atoms with Crippen molar-refractivity contribution >= 4 is 17.9 Å². The number of aromatic nitrogens is 1. The summed E-state index contributed by atoms with van der Waals surface area (Å²) < 4.78 is 0. The van der Waals surface area contributed by atoms with E-state index in [1.807, 2.05) is 47.5 Å². The maximum absolute atomic E-state index is 10.8. The molecule has 0 amide bonds. The number of hydrazone groups is 1. The van der Waals surface area contributed by atoms with E-state index in [-0.39, 0.29) is 12.6 Å². The average Bonchev–Trinajstić information content (AvgIpc) is 3.27. The van der Waals surface area contributed by atoms with Crippen LogP contribution in [0.15, 0.2) is 59.0 Å². The largest absolute Gasteiger partial charge is 0.480 e. The van der Waals surface area contributed by atoms with Crippen LogP contribution in [-0.2, 0) is 16.2 Å². The number of nitrogens with zero attached hydrogens (tertiary/aromatic N) is 5. The van der Waals surface area contributed by atoms with E-state index < -0.39 is 5.97 Å². The fourth-order valence-corrected chi connectivity index (χ4v) is 3.83. The quantitative estimate of drug-likeness (QED) is 0.452. The van der Waals surface area contributed by atoms with E-state index in [0.717, 1.165) is 61.5 Å². The smallest absolute Gasteiger partial charge is 0.317 e. The Kier molecular flexibility index (Phi) is 7.42. The van der Waals surface area contributed by atoms with Gasteiger partial charge in [0.2, 0.25) is 0 Å². The van der Waals surface area contributed by atoms with Crippen molar-refractivity contribution in [2.75, 3.05) is 39.3 Å². The molecule has 4 rings (SSSR count). The van der Waals surface area contributed by atoms with Crippen LogP contribution in [0, 0.1) is 0 Å². The van der Waals surface area contributed by atoms with Crippen LogP contribution in [0.5, 0.6) is 0 Å². The fourth-order valence-electron chi connectivity index (χ4n) is 3.83. The van der Waals surface area contributed by atoms with E-state index >= 15 is 0 Å². The molecule has 2 aromatic rings. The predicted octanol–water partition coefficient (Wildman–Crippen LogP) is 1.40. The Hall–Kier alpha value is -3.30. The van der Waals surface area contributed by atoms with Crippen molar-refractivity contribution in [1.29, 1.82) is 0 Å². The van der Waals surface area contributed by atoms with E-state index in [2.05, 4.69) is 25.6 Å². The van der Waals surface area contributed by atoms with Crippen LogP contribution in [-0.4, -0.2) is 83.2 Å². The zero-order valence-electron chi connectivity index (χ0n) is 17.9. The molecule has 2 aliphatic heterocycles. The van der Waals surface area contributed by atoms with E-state index in [4.69, 9.17) is 9.94 Å². The van der Waals surface area contributed by atoms with Gasteiger partial charge in [0.1, 0.15) is 6.10 Å². The highest BCUT2D eigenvalue weighted by molar-refractivity contribution is 6.01. The number of hydrogen-bond donors (Lipinski definition) is 2. The molecule has 1 atom stereocenters. The maximum Gasteiger partial charge on any atom is 0.317 e. The van der Waals surface area contributed by atoms with E-state index in [1.165, 1.54) is 0 Å². The van der Waals surface area contributed by atoms with Crippen molar-refractivity contribution in [1.82, 2.24) is 20.2 Å². The molecule has 0 spiro atoms. The van der Waals surface area contributed by atoms with Gasteiger partial charge in [0.25, 0.3) is 0 Å². The summed E-state index contributed by atoms with van der Waals surface area (Å²) in [4.78, 5) is 24.9. The van der Waals surface area contributed by atoms with Gasteiger partial charge in [-0.15, -0.1) is 0 Å². The molecule has 0 saturated carbocycles. The first-order chi connectivity index (χ1) is 15.7. The second-order valence-corrected chi connectivity index (χ2v) is 8.02. The van der Waals surface area contributed by atoms with Crippen LogP contribution >= 0.6 is 0 Å². The monoisotopic (exact) mass is 436 g/mol. The third kappa shape index (κ3) is 6.35. The molecule has 9 nitrogen and oxygen atoms in total. The molecule has 1 aromatic carbocycles. The summed E-state index contributed by atoms with van der Waals surface area (Å²) in [6.07, 6.45) is 6.17. The van der Waals surface area contributed by atoms with Crippen LogP contribution in [0.3, 0.4) is 0 Å². The second-order valence-electron chi connectivity index (χ2n) is 8.02. The number of nitrogens with one attached hydrogen (secondary N) is 1. The van der Waals surface area contributed by atoms with Gasteiger partial charge >= 0.3 is 5.97 Å². The van der Waals surface area contributed by atoms with Crippen LogP contribution in [0.25, 0.3) is 0 Å². The van der Waals surface area contributed by atoms with Crippen LogP contribution < -0.4 is 5.43 Å². The van der Waals surface area contributed by atoms with Gasteiger partial charge in [-0.05, 0) is 22.8 Å². The Morgan fingerprint density at radius 2 is 1.97 bits per heavy atom. The number of aliphatic carboxylic acids is 1. The third-order valence-corrected chi connectivity index (χ3v) is 5.57. The summed E-state index contributed by atoms with van der Waals surface area (Å²) >= 11 is 0. The van der Waals surface area contributed by atoms with Gasteiger partial charge in [-0.1, -0.05) is 35.5 Å². The number of piperazine rings is 1. The van der Waals surface area contributed by atoms with Gasteiger partial charge in [0.15, 0.2) is 0 Å². The van der Waals surface area contributed by atoms with Gasteiger partial charge in [0.05, 0.1) is 25.0 Å². The predicted molar refractivity (Wildman–Crippen MR) is 122 cm³/mol.